The minimum absolute atomic E-state index is 0.142. The lowest BCUT2D eigenvalue weighted by Crippen LogP contribution is -1.92. The molecule has 0 unspecified atom stereocenters. The van der Waals surface area contributed by atoms with E-state index in [9.17, 15) is 0 Å². The van der Waals surface area contributed by atoms with E-state index in [0.717, 1.165) is 32.8 Å². The van der Waals surface area contributed by atoms with E-state index in [4.69, 9.17) is 9.84 Å². The van der Waals surface area contributed by atoms with E-state index in [1.54, 1.807) is 18.9 Å². The number of pyridine rings is 1. The lowest BCUT2D eigenvalue weighted by Gasteiger charge is -2.11. The summed E-state index contributed by atoms with van der Waals surface area (Å²) in [7, 11) is 1.66. The van der Waals surface area contributed by atoms with Gasteiger partial charge in [0.25, 0.3) is 0 Å². The van der Waals surface area contributed by atoms with Gasteiger partial charge in [0.1, 0.15) is 5.75 Å². The van der Waals surface area contributed by atoms with Crippen LogP contribution in [0.3, 0.4) is 0 Å². The van der Waals surface area contributed by atoms with Crippen molar-refractivity contribution in [3.8, 4) is 16.9 Å². The van der Waals surface area contributed by atoms with Crippen LogP contribution in [-0.4, -0.2) is 29.6 Å². The molecule has 0 saturated heterocycles. The Labute approximate surface area is 134 Å². The summed E-state index contributed by atoms with van der Waals surface area (Å²) in [4.78, 5) is 4.68. The Bertz CT molecular complexity index is 775. The van der Waals surface area contributed by atoms with Crippen molar-refractivity contribution in [3.63, 3.8) is 0 Å². The summed E-state index contributed by atoms with van der Waals surface area (Å²) in [5.41, 5.74) is 3.21. The minimum Gasteiger partial charge on any atom is -0.497 e. The Morgan fingerprint density at radius 3 is 2.64 bits per heavy atom. The van der Waals surface area contributed by atoms with Gasteiger partial charge < -0.3 is 9.84 Å². The maximum absolute atomic E-state index is 9.04. The van der Waals surface area contributed by atoms with Gasteiger partial charge in [-0.15, -0.1) is 11.8 Å². The third-order valence-electron chi connectivity index (χ3n) is 3.42. The van der Waals surface area contributed by atoms with Gasteiger partial charge in [-0.25, -0.2) is 4.98 Å². The van der Waals surface area contributed by atoms with Crippen LogP contribution >= 0.6 is 11.8 Å². The molecule has 3 rings (SSSR count). The normalized spacial score (nSPS) is 10.8. The number of nitrogens with zero attached hydrogens (tertiary/aromatic N) is 1. The second kappa shape index (κ2) is 6.81. The first-order valence-electron chi connectivity index (χ1n) is 7.09. The van der Waals surface area contributed by atoms with Crippen LogP contribution in [0.25, 0.3) is 22.0 Å². The molecule has 2 aromatic carbocycles. The van der Waals surface area contributed by atoms with Gasteiger partial charge in [0.2, 0.25) is 0 Å². The number of aliphatic hydroxyl groups is 1. The quantitative estimate of drug-likeness (QED) is 0.723. The molecule has 22 heavy (non-hydrogen) atoms. The molecule has 0 aliphatic carbocycles. The zero-order chi connectivity index (χ0) is 15.4. The van der Waals surface area contributed by atoms with Crippen molar-refractivity contribution in [1.82, 2.24) is 4.98 Å². The number of aliphatic hydroxyl groups excluding tert-OH is 1. The maximum atomic E-state index is 9.04. The van der Waals surface area contributed by atoms with Crippen molar-refractivity contribution in [3.05, 3.63) is 54.6 Å². The number of hydrogen-bond acceptors (Lipinski definition) is 4. The van der Waals surface area contributed by atoms with Crippen LogP contribution in [0.5, 0.6) is 5.75 Å². The fraction of sp³-hybridized carbons (Fsp3) is 0.167. The summed E-state index contributed by atoms with van der Waals surface area (Å²) in [5.74, 6) is 1.43. The van der Waals surface area contributed by atoms with Gasteiger partial charge in [-0.1, -0.05) is 30.3 Å². The molecule has 1 heterocycles. The van der Waals surface area contributed by atoms with E-state index in [2.05, 4.69) is 23.2 Å². The van der Waals surface area contributed by atoms with Crippen LogP contribution in [0.4, 0.5) is 0 Å². The highest BCUT2D eigenvalue weighted by atomic mass is 32.2. The predicted octanol–water partition coefficient (Wildman–Crippen LogP) is 3.99. The third-order valence-corrected chi connectivity index (χ3v) is 4.31. The molecule has 0 aliphatic heterocycles. The Kier molecular flexibility index (Phi) is 4.61. The van der Waals surface area contributed by atoms with Crippen molar-refractivity contribution in [1.29, 1.82) is 0 Å². The number of hydrogen-bond donors (Lipinski definition) is 1. The van der Waals surface area contributed by atoms with E-state index in [0.29, 0.717) is 5.75 Å². The van der Waals surface area contributed by atoms with Crippen LogP contribution < -0.4 is 4.74 Å². The Hall–Kier alpha value is -2.04. The van der Waals surface area contributed by atoms with Gasteiger partial charge in [0, 0.05) is 17.2 Å². The predicted molar refractivity (Wildman–Crippen MR) is 91.5 cm³/mol. The van der Waals surface area contributed by atoms with Gasteiger partial charge in [-0.2, -0.15) is 0 Å². The number of benzene rings is 2. The smallest absolute Gasteiger partial charge is 0.121 e. The van der Waals surface area contributed by atoms with E-state index >= 15 is 0 Å². The van der Waals surface area contributed by atoms with Crippen LogP contribution in [0.1, 0.15) is 0 Å². The first kappa shape index (κ1) is 14.9. The standard InChI is InChI=1S/C18H17NO2S/c1-21-14-7-8-15-16(13-5-3-2-4-6-13)12-18(22-10-9-20)19-17(15)11-14/h2-8,11-12,20H,9-10H2,1H3. The molecule has 0 atom stereocenters. The van der Waals surface area contributed by atoms with Crippen LogP contribution in [-0.2, 0) is 0 Å². The summed E-state index contributed by atoms with van der Waals surface area (Å²) in [6.07, 6.45) is 0. The number of aromatic nitrogens is 1. The second-order valence-electron chi connectivity index (χ2n) is 4.83. The number of ether oxygens (including phenoxy) is 1. The van der Waals surface area contributed by atoms with E-state index in [1.807, 2.05) is 36.4 Å². The average Bonchev–Trinajstić information content (AvgIpc) is 2.59. The number of thioether (sulfide) groups is 1. The SMILES string of the molecule is COc1ccc2c(-c3ccccc3)cc(SCCO)nc2c1. The first-order chi connectivity index (χ1) is 10.8. The van der Waals surface area contributed by atoms with E-state index < -0.39 is 0 Å². The number of methoxy groups -OCH3 is 1. The summed E-state index contributed by atoms with van der Waals surface area (Å²) in [6, 6.07) is 18.3. The lowest BCUT2D eigenvalue weighted by molar-refractivity contribution is 0.322. The monoisotopic (exact) mass is 311 g/mol. The zero-order valence-electron chi connectivity index (χ0n) is 12.3. The molecule has 1 aromatic heterocycles. The van der Waals surface area contributed by atoms with E-state index in [-0.39, 0.29) is 6.61 Å². The molecule has 4 heteroatoms. The third kappa shape index (κ3) is 3.08. The fourth-order valence-electron chi connectivity index (χ4n) is 2.39. The summed E-state index contributed by atoms with van der Waals surface area (Å²) < 4.78 is 5.30. The highest BCUT2D eigenvalue weighted by molar-refractivity contribution is 7.99. The van der Waals surface area contributed by atoms with Crippen molar-refractivity contribution < 1.29 is 9.84 Å². The summed E-state index contributed by atoms with van der Waals surface area (Å²) in [5, 5.41) is 11.0. The lowest BCUT2D eigenvalue weighted by atomic mass is 10.0. The molecule has 0 spiro atoms. The molecule has 0 radical (unpaired) electrons. The van der Waals surface area contributed by atoms with Crippen LogP contribution in [0.15, 0.2) is 59.6 Å². The van der Waals surface area contributed by atoms with Crippen molar-refractivity contribution in [2.45, 2.75) is 5.03 Å². The van der Waals surface area contributed by atoms with Gasteiger partial charge >= 0.3 is 0 Å². The molecule has 3 aromatic rings. The molecule has 0 amide bonds. The first-order valence-corrected chi connectivity index (χ1v) is 8.08. The second-order valence-corrected chi connectivity index (χ2v) is 5.94. The molecule has 3 nitrogen and oxygen atoms in total. The molecule has 112 valence electrons. The topological polar surface area (TPSA) is 42.4 Å². The van der Waals surface area contributed by atoms with Crippen molar-refractivity contribution in [2.24, 2.45) is 0 Å². The van der Waals surface area contributed by atoms with E-state index in [1.165, 1.54) is 0 Å². The van der Waals surface area contributed by atoms with Gasteiger partial charge in [-0.3, -0.25) is 0 Å². The molecule has 0 fully saturated rings. The van der Waals surface area contributed by atoms with Gasteiger partial charge in [-0.05, 0) is 29.3 Å². The van der Waals surface area contributed by atoms with Crippen molar-refractivity contribution >= 4 is 22.7 Å². The molecule has 0 aliphatic rings. The largest absolute Gasteiger partial charge is 0.497 e. The molecular weight excluding hydrogens is 294 g/mol. The van der Waals surface area contributed by atoms with Crippen molar-refractivity contribution in [2.75, 3.05) is 19.5 Å². The summed E-state index contributed by atoms with van der Waals surface area (Å²) in [6.45, 7) is 0.142. The summed E-state index contributed by atoms with van der Waals surface area (Å²) >= 11 is 1.56. The Morgan fingerprint density at radius 2 is 1.91 bits per heavy atom. The van der Waals surface area contributed by atoms with Gasteiger partial charge in [0.05, 0.1) is 24.3 Å². The Balaban J connectivity index is 2.19. The zero-order valence-corrected chi connectivity index (χ0v) is 13.1. The molecule has 1 N–H and O–H groups in total. The highest BCUT2D eigenvalue weighted by Gasteiger charge is 2.09. The molecule has 0 saturated carbocycles. The average molecular weight is 311 g/mol. The number of rotatable bonds is 5. The van der Waals surface area contributed by atoms with Crippen LogP contribution in [0.2, 0.25) is 0 Å². The maximum Gasteiger partial charge on any atom is 0.121 e. The molecule has 0 bridgehead atoms. The fourth-order valence-corrected chi connectivity index (χ4v) is 3.06. The highest BCUT2D eigenvalue weighted by Crippen LogP contribution is 2.33. The van der Waals surface area contributed by atoms with Gasteiger partial charge in [0.15, 0.2) is 0 Å². The molecular formula is C18H17NO2S. The number of fused-ring (bicyclic) bond motifs is 1. The minimum atomic E-state index is 0.142. The van der Waals surface area contributed by atoms with Crippen LogP contribution in [0, 0.1) is 0 Å². The Morgan fingerprint density at radius 1 is 1.09 bits per heavy atom.